The number of hydrogen-bond donors (Lipinski definition) is 1. The van der Waals surface area contributed by atoms with Gasteiger partial charge in [0.1, 0.15) is 0 Å². The SMILES string of the molecule is Cc1cc(C(=O)NCCCN(C)CC(F)(F)F)c2cnn(C(C)C)c2n1. The van der Waals surface area contributed by atoms with Crippen LogP contribution in [0.4, 0.5) is 13.2 Å². The van der Waals surface area contributed by atoms with Gasteiger partial charge in [0, 0.05) is 18.3 Å². The number of alkyl halides is 3. The van der Waals surface area contributed by atoms with Gasteiger partial charge in [-0.05, 0) is 46.9 Å². The first-order chi connectivity index (χ1) is 12.1. The molecule has 0 aromatic carbocycles. The van der Waals surface area contributed by atoms with Crippen LogP contribution in [-0.4, -0.2) is 58.4 Å². The molecule has 0 aliphatic carbocycles. The average molecular weight is 371 g/mol. The van der Waals surface area contributed by atoms with E-state index in [9.17, 15) is 18.0 Å². The van der Waals surface area contributed by atoms with Gasteiger partial charge in [-0.25, -0.2) is 9.67 Å². The van der Waals surface area contributed by atoms with Crippen LogP contribution in [0.3, 0.4) is 0 Å². The van der Waals surface area contributed by atoms with Gasteiger partial charge in [-0.1, -0.05) is 0 Å². The van der Waals surface area contributed by atoms with Crippen LogP contribution >= 0.6 is 0 Å². The van der Waals surface area contributed by atoms with Crippen LogP contribution < -0.4 is 5.32 Å². The van der Waals surface area contributed by atoms with E-state index in [0.29, 0.717) is 35.3 Å². The Morgan fingerprint density at radius 3 is 2.69 bits per heavy atom. The lowest BCUT2D eigenvalue weighted by Gasteiger charge is -2.18. The molecule has 0 saturated heterocycles. The molecule has 9 heteroatoms. The molecule has 1 amide bonds. The van der Waals surface area contributed by atoms with Crippen LogP contribution in [0.1, 0.15) is 42.4 Å². The molecule has 0 aliphatic heterocycles. The highest BCUT2D eigenvalue weighted by Crippen LogP contribution is 2.21. The lowest BCUT2D eigenvalue weighted by atomic mass is 10.1. The highest BCUT2D eigenvalue weighted by Gasteiger charge is 2.28. The molecular weight excluding hydrogens is 347 g/mol. The Morgan fingerprint density at radius 1 is 1.38 bits per heavy atom. The molecule has 144 valence electrons. The number of pyridine rings is 1. The summed E-state index contributed by atoms with van der Waals surface area (Å²) in [6.07, 6.45) is -2.17. The van der Waals surface area contributed by atoms with Crippen molar-refractivity contribution in [1.29, 1.82) is 0 Å². The van der Waals surface area contributed by atoms with Crippen LogP contribution in [0.2, 0.25) is 0 Å². The lowest BCUT2D eigenvalue weighted by Crippen LogP contribution is -2.33. The molecule has 2 aromatic heterocycles. The second-order valence-electron chi connectivity index (χ2n) is 6.69. The minimum absolute atomic E-state index is 0.113. The number of fused-ring (bicyclic) bond motifs is 1. The fourth-order valence-electron chi connectivity index (χ4n) is 2.74. The van der Waals surface area contributed by atoms with Crippen molar-refractivity contribution in [1.82, 2.24) is 25.0 Å². The fraction of sp³-hybridized carbons (Fsp3) is 0.588. The molecule has 2 rings (SSSR count). The van der Waals surface area contributed by atoms with E-state index in [1.165, 1.54) is 11.9 Å². The van der Waals surface area contributed by atoms with Crippen LogP contribution in [0.5, 0.6) is 0 Å². The number of hydrogen-bond acceptors (Lipinski definition) is 4. The van der Waals surface area contributed by atoms with Gasteiger partial charge in [0.05, 0.1) is 23.7 Å². The number of nitrogens with one attached hydrogen (secondary N) is 1. The van der Waals surface area contributed by atoms with Crippen LogP contribution in [0.25, 0.3) is 11.0 Å². The Bertz CT molecular complexity index is 770. The quantitative estimate of drug-likeness (QED) is 0.760. The number of halogens is 3. The van der Waals surface area contributed by atoms with E-state index in [1.807, 2.05) is 13.8 Å². The molecule has 0 unspecified atom stereocenters. The van der Waals surface area contributed by atoms with Crippen LogP contribution in [0.15, 0.2) is 12.3 Å². The Kier molecular flexibility index (Phi) is 6.22. The number of aromatic nitrogens is 3. The van der Waals surface area contributed by atoms with Gasteiger partial charge in [-0.15, -0.1) is 0 Å². The molecule has 2 heterocycles. The summed E-state index contributed by atoms with van der Waals surface area (Å²) in [4.78, 5) is 18.1. The second kappa shape index (κ2) is 8.03. The number of carbonyl (C=O) groups excluding carboxylic acids is 1. The number of amides is 1. The van der Waals surface area contributed by atoms with Crippen molar-refractivity contribution in [3.8, 4) is 0 Å². The minimum atomic E-state index is -4.21. The van der Waals surface area contributed by atoms with E-state index in [1.54, 1.807) is 23.9 Å². The zero-order valence-electron chi connectivity index (χ0n) is 15.4. The summed E-state index contributed by atoms with van der Waals surface area (Å²) < 4.78 is 38.6. The number of carbonyl (C=O) groups is 1. The van der Waals surface area contributed by atoms with Gasteiger partial charge in [-0.2, -0.15) is 18.3 Å². The third-order valence-electron chi connectivity index (χ3n) is 3.88. The van der Waals surface area contributed by atoms with Crippen molar-refractivity contribution in [2.75, 3.05) is 26.7 Å². The molecule has 0 aliphatic rings. The molecule has 0 atom stereocenters. The monoisotopic (exact) mass is 371 g/mol. The number of nitrogens with zero attached hydrogens (tertiary/aromatic N) is 4. The third kappa shape index (κ3) is 5.17. The van der Waals surface area contributed by atoms with E-state index in [0.717, 1.165) is 0 Å². The van der Waals surface area contributed by atoms with Crippen LogP contribution in [0, 0.1) is 6.92 Å². The molecular formula is C17H24F3N5O. The summed E-state index contributed by atoms with van der Waals surface area (Å²) >= 11 is 0. The largest absolute Gasteiger partial charge is 0.401 e. The molecule has 0 bridgehead atoms. The Morgan fingerprint density at radius 2 is 2.08 bits per heavy atom. The van der Waals surface area contributed by atoms with Gasteiger partial charge in [0.15, 0.2) is 5.65 Å². The predicted octanol–water partition coefficient (Wildman–Crippen LogP) is 2.93. The van der Waals surface area contributed by atoms with Crippen molar-refractivity contribution in [2.45, 2.75) is 39.4 Å². The summed E-state index contributed by atoms with van der Waals surface area (Å²) in [5.41, 5.74) is 1.83. The Labute approximate surface area is 150 Å². The Hall–Kier alpha value is -2.16. The van der Waals surface area contributed by atoms with Crippen molar-refractivity contribution in [2.24, 2.45) is 0 Å². The maximum absolute atomic E-state index is 12.5. The predicted molar refractivity (Wildman–Crippen MR) is 93.2 cm³/mol. The molecule has 0 spiro atoms. The first kappa shape index (κ1) is 20.2. The molecule has 0 radical (unpaired) electrons. The second-order valence-corrected chi connectivity index (χ2v) is 6.69. The van der Waals surface area contributed by atoms with E-state index in [-0.39, 0.29) is 18.5 Å². The Balaban J connectivity index is 2.00. The van der Waals surface area contributed by atoms with Crippen LogP contribution in [-0.2, 0) is 0 Å². The van der Waals surface area contributed by atoms with E-state index < -0.39 is 12.7 Å². The van der Waals surface area contributed by atoms with Crippen molar-refractivity contribution in [3.05, 3.63) is 23.5 Å². The standard InChI is InChI=1S/C17H24F3N5O/c1-11(2)25-15-14(9-22-25)13(8-12(3)23-15)16(26)21-6-5-7-24(4)10-17(18,19)20/h8-9,11H,5-7,10H2,1-4H3,(H,21,26). The maximum atomic E-state index is 12.5. The summed E-state index contributed by atoms with van der Waals surface area (Å²) in [6.45, 7) is 5.35. The highest BCUT2D eigenvalue weighted by molar-refractivity contribution is 6.05. The number of aryl methyl sites for hydroxylation is 1. The minimum Gasteiger partial charge on any atom is -0.352 e. The van der Waals surface area contributed by atoms with Crippen molar-refractivity contribution < 1.29 is 18.0 Å². The molecule has 2 aromatic rings. The summed E-state index contributed by atoms with van der Waals surface area (Å²) in [5.74, 6) is -0.276. The molecule has 0 saturated carbocycles. The van der Waals surface area contributed by atoms with Gasteiger partial charge in [-0.3, -0.25) is 9.69 Å². The molecule has 26 heavy (non-hydrogen) atoms. The summed E-state index contributed by atoms with van der Waals surface area (Å²) in [7, 11) is 1.41. The molecule has 1 N–H and O–H groups in total. The molecule has 6 nitrogen and oxygen atoms in total. The normalized spacial score (nSPS) is 12.3. The van der Waals surface area contributed by atoms with Gasteiger partial charge in [0.2, 0.25) is 0 Å². The van der Waals surface area contributed by atoms with Gasteiger partial charge >= 0.3 is 6.18 Å². The number of rotatable bonds is 7. The van der Waals surface area contributed by atoms with Crippen molar-refractivity contribution in [3.63, 3.8) is 0 Å². The molecule has 0 fully saturated rings. The first-order valence-electron chi connectivity index (χ1n) is 8.47. The average Bonchev–Trinajstić information content (AvgIpc) is 2.92. The highest BCUT2D eigenvalue weighted by atomic mass is 19.4. The van der Waals surface area contributed by atoms with Gasteiger partial charge in [0.25, 0.3) is 5.91 Å². The zero-order valence-corrected chi connectivity index (χ0v) is 15.4. The van der Waals surface area contributed by atoms with E-state index >= 15 is 0 Å². The maximum Gasteiger partial charge on any atom is 0.401 e. The first-order valence-corrected chi connectivity index (χ1v) is 8.47. The summed E-state index contributed by atoms with van der Waals surface area (Å²) in [6, 6.07) is 1.81. The topological polar surface area (TPSA) is 63.1 Å². The van der Waals surface area contributed by atoms with Crippen molar-refractivity contribution >= 4 is 16.9 Å². The third-order valence-corrected chi connectivity index (χ3v) is 3.88. The van der Waals surface area contributed by atoms with Gasteiger partial charge < -0.3 is 5.32 Å². The fourth-order valence-corrected chi connectivity index (χ4v) is 2.74. The summed E-state index contributed by atoms with van der Waals surface area (Å²) in [5, 5.41) is 7.72. The lowest BCUT2D eigenvalue weighted by molar-refractivity contribution is -0.143. The van der Waals surface area contributed by atoms with E-state index in [2.05, 4.69) is 15.4 Å². The zero-order chi connectivity index (χ0) is 19.5. The van der Waals surface area contributed by atoms with E-state index in [4.69, 9.17) is 0 Å². The smallest absolute Gasteiger partial charge is 0.352 e.